The summed E-state index contributed by atoms with van der Waals surface area (Å²) in [4.78, 5) is 13.6. The molecule has 0 bridgehead atoms. The Labute approximate surface area is 93.5 Å². The highest BCUT2D eigenvalue weighted by molar-refractivity contribution is 5.96. The largest absolute Gasteiger partial charge is 0.396 e. The second-order valence-corrected chi connectivity index (χ2v) is 3.92. The van der Waals surface area contributed by atoms with Crippen LogP contribution < -0.4 is 0 Å². The number of hydrogen-bond acceptors (Lipinski definition) is 2. The normalized spacial score (nSPS) is 15.1. The molecule has 1 heterocycles. The highest BCUT2D eigenvalue weighted by Crippen LogP contribution is 2.19. The van der Waals surface area contributed by atoms with Crippen LogP contribution in [-0.2, 0) is 6.42 Å². The smallest absolute Gasteiger partial charge is 0.254 e. The Morgan fingerprint density at radius 2 is 2.25 bits per heavy atom. The topological polar surface area (TPSA) is 40.5 Å². The monoisotopic (exact) mass is 223 g/mol. The molecule has 16 heavy (non-hydrogen) atoms. The molecule has 4 heteroatoms. The lowest BCUT2D eigenvalue weighted by Crippen LogP contribution is -2.38. The third-order valence-electron chi connectivity index (χ3n) is 2.83. The summed E-state index contributed by atoms with van der Waals surface area (Å²) < 4.78 is 13.0. The number of carbonyl (C=O) groups is 1. The minimum Gasteiger partial charge on any atom is -0.396 e. The van der Waals surface area contributed by atoms with Crippen molar-refractivity contribution in [3.8, 4) is 0 Å². The molecule has 0 atom stereocenters. The Morgan fingerprint density at radius 1 is 1.44 bits per heavy atom. The lowest BCUT2D eigenvalue weighted by atomic mass is 9.99. The van der Waals surface area contributed by atoms with Crippen LogP contribution in [0.25, 0.3) is 0 Å². The van der Waals surface area contributed by atoms with Crippen molar-refractivity contribution in [1.29, 1.82) is 0 Å². The first kappa shape index (κ1) is 11.1. The Morgan fingerprint density at radius 3 is 3.00 bits per heavy atom. The number of benzene rings is 1. The molecule has 0 saturated heterocycles. The van der Waals surface area contributed by atoms with E-state index >= 15 is 0 Å². The molecule has 0 radical (unpaired) electrons. The molecule has 1 aliphatic rings. The fourth-order valence-electron chi connectivity index (χ4n) is 1.97. The first-order valence-corrected chi connectivity index (χ1v) is 5.41. The molecule has 0 aliphatic carbocycles. The number of halogens is 1. The van der Waals surface area contributed by atoms with E-state index in [2.05, 4.69) is 0 Å². The predicted octanol–water partition coefficient (Wildman–Crippen LogP) is 1.21. The summed E-state index contributed by atoms with van der Waals surface area (Å²) in [6, 6.07) is 4.35. The van der Waals surface area contributed by atoms with Gasteiger partial charge in [-0.05, 0) is 30.5 Å². The van der Waals surface area contributed by atoms with Crippen molar-refractivity contribution in [2.75, 3.05) is 19.7 Å². The van der Waals surface area contributed by atoms with Crippen LogP contribution in [0.15, 0.2) is 18.2 Å². The van der Waals surface area contributed by atoms with Crippen LogP contribution in [0.1, 0.15) is 22.3 Å². The molecule has 1 amide bonds. The van der Waals surface area contributed by atoms with E-state index in [0.29, 0.717) is 25.1 Å². The molecule has 2 rings (SSSR count). The van der Waals surface area contributed by atoms with Gasteiger partial charge in [-0.15, -0.1) is 0 Å². The van der Waals surface area contributed by atoms with Gasteiger partial charge in [-0.1, -0.05) is 6.07 Å². The van der Waals surface area contributed by atoms with Gasteiger partial charge >= 0.3 is 0 Å². The number of hydrogen-bond donors (Lipinski definition) is 1. The molecule has 1 aliphatic heterocycles. The molecule has 0 spiro atoms. The van der Waals surface area contributed by atoms with Gasteiger partial charge in [0, 0.05) is 25.3 Å². The average molecular weight is 223 g/mol. The average Bonchev–Trinajstić information content (AvgIpc) is 2.29. The Hall–Kier alpha value is -1.42. The summed E-state index contributed by atoms with van der Waals surface area (Å²) in [7, 11) is 0. The van der Waals surface area contributed by atoms with E-state index in [9.17, 15) is 9.18 Å². The van der Waals surface area contributed by atoms with Gasteiger partial charge in [0.1, 0.15) is 5.82 Å². The molecule has 0 saturated carbocycles. The predicted molar refractivity (Wildman–Crippen MR) is 57.7 cm³/mol. The van der Waals surface area contributed by atoms with Gasteiger partial charge in [0.2, 0.25) is 0 Å². The fraction of sp³-hybridized carbons (Fsp3) is 0.417. The molecule has 0 fully saturated rings. The maximum absolute atomic E-state index is 13.0. The van der Waals surface area contributed by atoms with Gasteiger partial charge in [-0.3, -0.25) is 4.79 Å². The number of nitrogens with zero attached hydrogens (tertiary/aromatic N) is 1. The summed E-state index contributed by atoms with van der Waals surface area (Å²) in [5, 5.41) is 8.72. The van der Waals surface area contributed by atoms with Crippen LogP contribution in [0.2, 0.25) is 0 Å². The van der Waals surface area contributed by atoms with E-state index in [1.165, 1.54) is 12.1 Å². The Bertz CT molecular complexity index is 406. The number of aliphatic hydroxyl groups is 1. The lowest BCUT2D eigenvalue weighted by Gasteiger charge is -2.28. The number of fused-ring (bicyclic) bond motifs is 1. The summed E-state index contributed by atoms with van der Waals surface area (Å²) in [5.41, 5.74) is 1.37. The second-order valence-electron chi connectivity index (χ2n) is 3.92. The zero-order valence-corrected chi connectivity index (χ0v) is 8.95. The molecule has 3 nitrogen and oxygen atoms in total. The maximum Gasteiger partial charge on any atom is 0.254 e. The molecule has 1 aromatic carbocycles. The number of carbonyl (C=O) groups excluding carboxylic acids is 1. The highest BCUT2D eigenvalue weighted by atomic mass is 19.1. The van der Waals surface area contributed by atoms with Crippen molar-refractivity contribution in [3.63, 3.8) is 0 Å². The van der Waals surface area contributed by atoms with Crippen LogP contribution in [0.3, 0.4) is 0 Å². The van der Waals surface area contributed by atoms with Crippen molar-refractivity contribution < 1.29 is 14.3 Å². The minimum absolute atomic E-state index is 0.0692. The molecule has 1 N–H and O–H groups in total. The van der Waals surface area contributed by atoms with E-state index < -0.39 is 0 Å². The summed E-state index contributed by atoms with van der Waals surface area (Å²) in [6.45, 7) is 1.25. The third kappa shape index (κ3) is 2.07. The molecule has 0 unspecified atom stereocenters. The Kier molecular flexibility index (Phi) is 3.19. The molecular weight excluding hydrogens is 209 g/mol. The van der Waals surface area contributed by atoms with Crippen LogP contribution in [-0.4, -0.2) is 35.6 Å². The second kappa shape index (κ2) is 4.61. The molecular formula is C12H14FNO2. The number of amides is 1. The number of rotatable bonds is 3. The maximum atomic E-state index is 13.0. The van der Waals surface area contributed by atoms with Gasteiger partial charge in [0.05, 0.1) is 0 Å². The van der Waals surface area contributed by atoms with Crippen molar-refractivity contribution in [2.45, 2.75) is 12.8 Å². The van der Waals surface area contributed by atoms with Crippen LogP contribution in [0.4, 0.5) is 4.39 Å². The van der Waals surface area contributed by atoms with Crippen molar-refractivity contribution in [2.24, 2.45) is 0 Å². The molecule has 1 aromatic rings. The quantitative estimate of drug-likeness (QED) is 0.836. The van der Waals surface area contributed by atoms with Gasteiger partial charge in [0.15, 0.2) is 0 Å². The molecule has 0 aromatic heterocycles. The Balaban J connectivity index is 2.20. The van der Waals surface area contributed by atoms with E-state index in [1.807, 2.05) is 0 Å². The van der Waals surface area contributed by atoms with Crippen LogP contribution in [0, 0.1) is 5.82 Å². The van der Waals surface area contributed by atoms with E-state index in [1.54, 1.807) is 11.0 Å². The fourth-order valence-corrected chi connectivity index (χ4v) is 1.97. The van der Waals surface area contributed by atoms with Crippen LogP contribution >= 0.6 is 0 Å². The highest BCUT2D eigenvalue weighted by Gasteiger charge is 2.23. The van der Waals surface area contributed by atoms with Crippen LogP contribution in [0.5, 0.6) is 0 Å². The number of aliphatic hydroxyl groups excluding tert-OH is 1. The van der Waals surface area contributed by atoms with Gasteiger partial charge < -0.3 is 10.0 Å². The zero-order chi connectivity index (χ0) is 11.5. The van der Waals surface area contributed by atoms with E-state index in [4.69, 9.17) is 5.11 Å². The SMILES string of the molecule is O=C1c2cc(F)ccc2CCN1CCCO. The standard InChI is InChI=1S/C12H14FNO2/c13-10-3-2-9-4-6-14(5-1-7-15)12(16)11(9)8-10/h2-3,8,15H,1,4-7H2. The lowest BCUT2D eigenvalue weighted by molar-refractivity contribution is 0.0728. The first-order chi connectivity index (χ1) is 7.72. The first-order valence-electron chi connectivity index (χ1n) is 5.41. The summed E-state index contributed by atoms with van der Waals surface area (Å²) in [6.07, 6.45) is 1.32. The van der Waals surface area contributed by atoms with Crippen molar-refractivity contribution >= 4 is 5.91 Å². The van der Waals surface area contributed by atoms with E-state index in [0.717, 1.165) is 12.0 Å². The summed E-state index contributed by atoms with van der Waals surface area (Å²) >= 11 is 0. The van der Waals surface area contributed by atoms with Crippen molar-refractivity contribution in [3.05, 3.63) is 35.1 Å². The minimum atomic E-state index is -0.379. The van der Waals surface area contributed by atoms with Gasteiger partial charge in [-0.2, -0.15) is 0 Å². The van der Waals surface area contributed by atoms with Gasteiger partial charge in [-0.25, -0.2) is 4.39 Å². The van der Waals surface area contributed by atoms with Gasteiger partial charge in [0.25, 0.3) is 5.91 Å². The van der Waals surface area contributed by atoms with E-state index in [-0.39, 0.29) is 18.3 Å². The van der Waals surface area contributed by atoms with Crippen molar-refractivity contribution in [1.82, 2.24) is 4.90 Å². The summed E-state index contributed by atoms with van der Waals surface area (Å²) in [5.74, 6) is -0.509. The molecule has 86 valence electrons. The third-order valence-corrected chi connectivity index (χ3v) is 2.83. The zero-order valence-electron chi connectivity index (χ0n) is 8.95.